The molecule has 0 saturated heterocycles. The van der Waals surface area contributed by atoms with Crippen molar-refractivity contribution in [1.82, 2.24) is 4.98 Å². The Hall–Kier alpha value is -3.31. The highest BCUT2D eigenvalue weighted by molar-refractivity contribution is 7.93. The molecule has 1 atom stereocenters. The van der Waals surface area contributed by atoms with Gasteiger partial charge in [-0.05, 0) is 61.5 Å². The largest absolute Gasteiger partial charge is 0.372 e. The van der Waals surface area contributed by atoms with E-state index in [-0.39, 0.29) is 34.1 Å². The summed E-state index contributed by atoms with van der Waals surface area (Å²) in [5.74, 6) is -1.42. The molecule has 0 aliphatic rings. The maximum absolute atomic E-state index is 12.9. The van der Waals surface area contributed by atoms with Crippen molar-refractivity contribution in [2.75, 3.05) is 30.1 Å². The normalized spacial score (nSPS) is 12.3. The second-order valence-electron chi connectivity index (χ2n) is 7.41. The van der Waals surface area contributed by atoms with Gasteiger partial charge in [-0.15, -0.1) is 0 Å². The van der Waals surface area contributed by atoms with Crippen molar-refractivity contribution >= 4 is 62.2 Å². The van der Waals surface area contributed by atoms with Gasteiger partial charge in [0.05, 0.1) is 26.0 Å². The predicted molar refractivity (Wildman–Crippen MR) is 139 cm³/mol. The van der Waals surface area contributed by atoms with E-state index in [1.807, 2.05) is 0 Å². The number of ether oxygens (including phenoxy) is 1. The van der Waals surface area contributed by atoms with Crippen LogP contribution in [-0.2, 0) is 19.3 Å². The molecule has 3 rings (SSSR count). The van der Waals surface area contributed by atoms with Crippen LogP contribution in [0.25, 0.3) is 0 Å². The first-order valence-electron chi connectivity index (χ1n) is 10.6. The van der Waals surface area contributed by atoms with Gasteiger partial charge in [-0.2, -0.15) is 4.36 Å². The van der Waals surface area contributed by atoms with E-state index in [0.29, 0.717) is 16.7 Å². The molecule has 188 valence electrons. The number of nitrogens with zero attached hydrogens (tertiary/aromatic N) is 2. The highest BCUT2D eigenvalue weighted by atomic mass is 35.5. The van der Waals surface area contributed by atoms with Crippen molar-refractivity contribution < 1.29 is 23.3 Å². The van der Waals surface area contributed by atoms with Crippen LogP contribution in [0.4, 0.5) is 11.5 Å². The smallest absolute Gasteiger partial charge is 0.279 e. The Bertz CT molecular complexity index is 1400. The van der Waals surface area contributed by atoms with E-state index in [9.17, 15) is 18.6 Å². The number of hydrogen-bond acceptors (Lipinski definition) is 6. The van der Waals surface area contributed by atoms with Crippen LogP contribution >= 0.6 is 23.2 Å². The second kappa shape index (κ2) is 12.1. The molecule has 0 aliphatic heterocycles. The molecule has 2 N–H and O–H groups in total. The topological polar surface area (TPSA) is 127 Å². The van der Waals surface area contributed by atoms with E-state index in [0.717, 1.165) is 0 Å². The maximum atomic E-state index is 12.9. The zero-order chi connectivity index (χ0) is 26.3. The quantitative estimate of drug-likeness (QED) is 0.411. The summed E-state index contributed by atoms with van der Waals surface area (Å²) in [6, 6.07) is 13.4. The molecule has 0 bridgehead atoms. The van der Waals surface area contributed by atoms with Gasteiger partial charge < -0.3 is 15.4 Å². The van der Waals surface area contributed by atoms with Gasteiger partial charge in [0.1, 0.15) is 12.4 Å². The summed E-state index contributed by atoms with van der Waals surface area (Å²) in [4.78, 5) is 41.8. The number of halogens is 2. The lowest BCUT2D eigenvalue weighted by Gasteiger charge is -2.12. The minimum absolute atomic E-state index is 0.118. The summed E-state index contributed by atoms with van der Waals surface area (Å²) >= 11 is 11.9. The molecule has 12 heteroatoms. The molecule has 36 heavy (non-hydrogen) atoms. The zero-order valence-electron chi connectivity index (χ0n) is 19.3. The molecule has 0 saturated carbocycles. The van der Waals surface area contributed by atoms with E-state index in [1.165, 1.54) is 61.0 Å². The standard InChI is InChI=1S/C24H22Cl2N4O5S/c1-3-35-14-22(31)30-36(2,34)18-8-4-15(5-9-18)23(32)28-20-10-6-16(25)12-19(20)24(33)29-21-11-7-17(26)13-27-21/h4-13H,3,14H2,1-2H3,(H,28,32)(H,27,29,33). The predicted octanol–water partition coefficient (Wildman–Crippen LogP) is 4.91. The van der Waals surface area contributed by atoms with Crippen LogP contribution in [0.1, 0.15) is 27.6 Å². The molecule has 0 spiro atoms. The first-order chi connectivity index (χ1) is 17.1. The summed E-state index contributed by atoms with van der Waals surface area (Å²) in [7, 11) is -3.01. The molecule has 0 aliphatic carbocycles. The van der Waals surface area contributed by atoms with Crippen LogP contribution < -0.4 is 10.6 Å². The maximum Gasteiger partial charge on any atom is 0.279 e. The number of pyridine rings is 1. The highest BCUT2D eigenvalue weighted by Gasteiger charge is 2.17. The van der Waals surface area contributed by atoms with Crippen LogP contribution in [0.5, 0.6) is 0 Å². The van der Waals surface area contributed by atoms with Crippen molar-refractivity contribution in [2.24, 2.45) is 4.36 Å². The molecular weight excluding hydrogens is 527 g/mol. The molecule has 2 aromatic carbocycles. The zero-order valence-corrected chi connectivity index (χ0v) is 21.6. The molecule has 9 nitrogen and oxygen atoms in total. The SMILES string of the molecule is CCOCC(=O)N=S(C)(=O)c1ccc(C(=O)Nc2ccc(Cl)cc2C(=O)Nc2ccc(Cl)cn2)cc1. The Labute approximate surface area is 218 Å². The minimum Gasteiger partial charge on any atom is -0.372 e. The second-order valence-corrected chi connectivity index (χ2v) is 10.5. The van der Waals surface area contributed by atoms with E-state index < -0.39 is 27.5 Å². The molecule has 1 heterocycles. The summed E-state index contributed by atoms with van der Waals surface area (Å²) in [6.07, 6.45) is 2.72. The van der Waals surface area contributed by atoms with Gasteiger partial charge in [0.15, 0.2) is 0 Å². The molecular formula is C24H22Cl2N4O5S. The van der Waals surface area contributed by atoms with Crippen LogP contribution in [0.3, 0.4) is 0 Å². The van der Waals surface area contributed by atoms with Crippen molar-refractivity contribution in [3.8, 4) is 0 Å². The number of nitrogens with one attached hydrogen (secondary N) is 2. The van der Waals surface area contributed by atoms with E-state index in [1.54, 1.807) is 13.0 Å². The fourth-order valence-corrected chi connectivity index (χ4v) is 4.43. The first-order valence-corrected chi connectivity index (χ1v) is 13.2. The van der Waals surface area contributed by atoms with Gasteiger partial charge in [0, 0.05) is 34.5 Å². The van der Waals surface area contributed by atoms with E-state index in [2.05, 4.69) is 20.0 Å². The average molecular weight is 549 g/mol. The van der Waals surface area contributed by atoms with Gasteiger partial charge in [-0.25, -0.2) is 9.19 Å². The molecule has 1 unspecified atom stereocenters. The third-order valence-corrected chi connectivity index (χ3v) is 6.86. The van der Waals surface area contributed by atoms with E-state index in [4.69, 9.17) is 27.9 Å². The summed E-state index contributed by atoms with van der Waals surface area (Å²) < 4.78 is 21.6. The average Bonchev–Trinajstić information content (AvgIpc) is 2.85. The Morgan fingerprint density at radius 2 is 1.67 bits per heavy atom. The molecule has 3 aromatic rings. The van der Waals surface area contributed by atoms with Gasteiger partial charge in [-0.3, -0.25) is 14.4 Å². The molecule has 0 radical (unpaired) electrons. The van der Waals surface area contributed by atoms with Crippen molar-refractivity contribution in [1.29, 1.82) is 0 Å². The monoisotopic (exact) mass is 548 g/mol. The molecule has 0 fully saturated rings. The lowest BCUT2D eigenvalue weighted by molar-refractivity contribution is -0.121. The van der Waals surface area contributed by atoms with E-state index >= 15 is 0 Å². The Balaban J connectivity index is 1.78. The molecule has 3 amide bonds. The lowest BCUT2D eigenvalue weighted by Crippen LogP contribution is -2.19. The number of anilines is 2. The van der Waals surface area contributed by atoms with Crippen LogP contribution in [0.2, 0.25) is 10.0 Å². The van der Waals surface area contributed by atoms with Crippen LogP contribution in [-0.4, -0.2) is 46.4 Å². The van der Waals surface area contributed by atoms with Crippen molar-refractivity contribution in [3.05, 3.63) is 82.0 Å². The Morgan fingerprint density at radius 1 is 0.972 bits per heavy atom. The lowest BCUT2D eigenvalue weighted by atomic mass is 10.1. The van der Waals surface area contributed by atoms with Crippen LogP contribution in [0.15, 0.2) is 70.1 Å². The Morgan fingerprint density at radius 3 is 2.31 bits per heavy atom. The Kier molecular flexibility index (Phi) is 9.16. The number of carbonyl (C=O) groups excluding carboxylic acids is 3. The van der Waals surface area contributed by atoms with Gasteiger partial charge in [-0.1, -0.05) is 23.2 Å². The fourth-order valence-electron chi connectivity index (χ4n) is 2.96. The summed E-state index contributed by atoms with van der Waals surface area (Å²) in [5.41, 5.74) is 0.568. The number of benzene rings is 2. The third-order valence-electron chi connectivity index (χ3n) is 4.70. The third kappa shape index (κ3) is 7.34. The minimum atomic E-state index is -3.01. The summed E-state index contributed by atoms with van der Waals surface area (Å²) in [5, 5.41) is 6.01. The number of aromatic nitrogens is 1. The highest BCUT2D eigenvalue weighted by Crippen LogP contribution is 2.23. The van der Waals surface area contributed by atoms with Gasteiger partial charge in [0.2, 0.25) is 0 Å². The summed E-state index contributed by atoms with van der Waals surface area (Å²) in [6.45, 7) is 1.81. The first kappa shape index (κ1) is 27.3. The van der Waals surface area contributed by atoms with Gasteiger partial charge >= 0.3 is 0 Å². The van der Waals surface area contributed by atoms with Crippen molar-refractivity contribution in [2.45, 2.75) is 11.8 Å². The fraction of sp³-hybridized carbons (Fsp3) is 0.167. The number of rotatable bonds is 8. The van der Waals surface area contributed by atoms with Gasteiger partial charge in [0.25, 0.3) is 17.7 Å². The number of hydrogen-bond donors (Lipinski definition) is 2. The number of amides is 3. The van der Waals surface area contributed by atoms with Crippen LogP contribution in [0, 0.1) is 0 Å². The number of carbonyl (C=O) groups is 3. The molecule has 1 aromatic heterocycles. The van der Waals surface area contributed by atoms with Crippen molar-refractivity contribution in [3.63, 3.8) is 0 Å².